The lowest BCUT2D eigenvalue weighted by Crippen LogP contribution is -2.16. The van der Waals surface area contributed by atoms with Gasteiger partial charge in [-0.15, -0.1) is 0 Å². The Balaban J connectivity index is 1.13. The highest BCUT2D eigenvalue weighted by Gasteiger charge is 2.37. The van der Waals surface area contributed by atoms with E-state index in [2.05, 4.69) is 180 Å². The molecule has 0 N–H and O–H groups in total. The Kier molecular flexibility index (Phi) is 7.17. The molecule has 0 spiro atoms. The highest BCUT2D eigenvalue weighted by molar-refractivity contribution is 6.16. The molecule has 0 unspecified atom stereocenters. The molecule has 0 atom stereocenters. The van der Waals surface area contributed by atoms with Gasteiger partial charge in [-0.2, -0.15) is 9.97 Å². The van der Waals surface area contributed by atoms with Gasteiger partial charge >= 0.3 is 0 Å². The van der Waals surface area contributed by atoms with Crippen LogP contribution in [0.4, 0.5) is 0 Å². The number of rotatable bonds is 5. The molecule has 6 nitrogen and oxygen atoms in total. The largest absolute Gasteiger partial charge is 0.308 e. The van der Waals surface area contributed by atoms with Crippen LogP contribution in [0.2, 0.25) is 0 Å². The number of hydrogen-bond donors (Lipinski definition) is 0. The Labute approximate surface area is 340 Å². The second-order valence-corrected chi connectivity index (χ2v) is 15.9. The number of nitrogens with zero attached hydrogens (tertiary/aromatic N) is 6. The monoisotopic (exact) mass is 756 g/mol. The molecule has 1 aliphatic rings. The molecule has 4 aromatic heterocycles. The smallest absolute Gasteiger partial charge is 0.238 e. The van der Waals surface area contributed by atoms with E-state index in [0.717, 1.165) is 55.0 Å². The van der Waals surface area contributed by atoms with Gasteiger partial charge in [0.05, 0.1) is 27.8 Å². The first-order valence-electron chi connectivity index (χ1n) is 20.1. The summed E-state index contributed by atoms with van der Waals surface area (Å²) in [5, 5.41) is 4.55. The van der Waals surface area contributed by atoms with Crippen LogP contribution in [0.1, 0.15) is 25.0 Å². The van der Waals surface area contributed by atoms with Gasteiger partial charge in [-0.3, -0.25) is 9.55 Å². The van der Waals surface area contributed by atoms with Crippen LogP contribution in [0.5, 0.6) is 0 Å². The van der Waals surface area contributed by atoms with Gasteiger partial charge in [0.15, 0.2) is 11.6 Å². The second kappa shape index (κ2) is 12.7. The minimum absolute atomic E-state index is 0.170. The van der Waals surface area contributed by atoms with Crippen molar-refractivity contribution in [3.8, 4) is 56.7 Å². The van der Waals surface area contributed by atoms with E-state index in [-0.39, 0.29) is 5.41 Å². The molecule has 0 aliphatic heterocycles. The molecule has 0 bridgehead atoms. The van der Waals surface area contributed by atoms with Gasteiger partial charge in [0.1, 0.15) is 0 Å². The van der Waals surface area contributed by atoms with Crippen LogP contribution in [-0.4, -0.2) is 29.1 Å². The summed E-state index contributed by atoms with van der Waals surface area (Å²) in [7, 11) is 0. The Bertz CT molecular complexity index is 3430. The molecule has 1 aliphatic carbocycles. The standard InChI is InChI=1S/C53H36N6/c1-53(2)42-25-10-6-18-34(42)37-23-14-24-38(49(37)53)36-22-15-29-47-48(36)39-20-8-12-27-44(39)59(47)52-56-50(33-16-4-3-5-17-33)55-51(57-52)40-21-9-13-28-45(40)58-43-26-11-7-19-35(43)41-32-54-31-30-46(41)58/h3-32H,1-2H3. The molecule has 11 aromatic rings. The van der Waals surface area contributed by atoms with Crippen LogP contribution in [-0.2, 0) is 5.41 Å². The van der Waals surface area contributed by atoms with Crippen LogP contribution in [0, 0.1) is 0 Å². The van der Waals surface area contributed by atoms with Crippen molar-refractivity contribution in [1.29, 1.82) is 0 Å². The summed E-state index contributed by atoms with van der Waals surface area (Å²) in [6.45, 7) is 4.71. The minimum atomic E-state index is -0.170. The van der Waals surface area contributed by atoms with E-state index in [4.69, 9.17) is 15.0 Å². The van der Waals surface area contributed by atoms with E-state index in [1.807, 2.05) is 30.6 Å². The first kappa shape index (κ1) is 33.4. The van der Waals surface area contributed by atoms with Crippen molar-refractivity contribution in [3.05, 3.63) is 193 Å². The van der Waals surface area contributed by atoms with Crippen molar-refractivity contribution in [2.75, 3.05) is 0 Å². The number of benzene rings is 7. The summed E-state index contributed by atoms with van der Waals surface area (Å²) in [5.41, 5.74) is 14.6. The van der Waals surface area contributed by atoms with E-state index < -0.39 is 0 Å². The fourth-order valence-electron chi connectivity index (χ4n) is 9.77. The summed E-state index contributed by atoms with van der Waals surface area (Å²) in [6.07, 6.45) is 3.81. The van der Waals surface area contributed by atoms with Crippen LogP contribution in [0.3, 0.4) is 0 Å². The lowest BCUT2D eigenvalue weighted by molar-refractivity contribution is 0.662. The average molecular weight is 757 g/mol. The summed E-state index contributed by atoms with van der Waals surface area (Å²) >= 11 is 0. The van der Waals surface area contributed by atoms with E-state index in [1.54, 1.807) is 0 Å². The maximum Gasteiger partial charge on any atom is 0.238 e. The summed E-state index contributed by atoms with van der Waals surface area (Å²) in [4.78, 5) is 20.5. The van der Waals surface area contributed by atoms with Gasteiger partial charge in [0.2, 0.25) is 5.95 Å². The zero-order chi connectivity index (χ0) is 39.2. The molecule has 0 radical (unpaired) electrons. The van der Waals surface area contributed by atoms with E-state index in [9.17, 15) is 0 Å². The van der Waals surface area contributed by atoms with Crippen molar-refractivity contribution < 1.29 is 0 Å². The number of aromatic nitrogens is 6. The SMILES string of the molecule is CC1(C)c2ccccc2-c2cccc(-c3cccc4c3c3ccccc3n4-c3nc(-c4ccccc4)nc(-c4ccccc4-n4c5ccccc5c5cnccc54)n3)c21. The predicted molar refractivity (Wildman–Crippen MR) is 240 cm³/mol. The third-order valence-electron chi connectivity index (χ3n) is 12.3. The molecule has 59 heavy (non-hydrogen) atoms. The molecule has 0 saturated heterocycles. The molecule has 6 heteroatoms. The lowest BCUT2D eigenvalue weighted by atomic mass is 9.78. The normalized spacial score (nSPS) is 13.1. The van der Waals surface area contributed by atoms with Crippen molar-refractivity contribution in [2.24, 2.45) is 0 Å². The molecular weight excluding hydrogens is 721 g/mol. The Morgan fingerprint density at radius 3 is 1.86 bits per heavy atom. The molecule has 278 valence electrons. The third-order valence-corrected chi connectivity index (χ3v) is 12.3. The van der Waals surface area contributed by atoms with E-state index in [1.165, 1.54) is 38.8 Å². The minimum Gasteiger partial charge on any atom is -0.308 e. The average Bonchev–Trinajstić information content (AvgIpc) is 3.90. The number of fused-ring (bicyclic) bond motifs is 9. The van der Waals surface area contributed by atoms with E-state index >= 15 is 0 Å². The summed E-state index contributed by atoms with van der Waals surface area (Å²) < 4.78 is 4.53. The first-order chi connectivity index (χ1) is 29.1. The first-order valence-corrected chi connectivity index (χ1v) is 20.1. The third kappa shape index (κ3) is 4.87. The zero-order valence-corrected chi connectivity index (χ0v) is 32.5. The fourth-order valence-corrected chi connectivity index (χ4v) is 9.77. The van der Waals surface area contributed by atoms with Crippen LogP contribution >= 0.6 is 0 Å². The number of hydrogen-bond acceptors (Lipinski definition) is 4. The summed E-state index contributed by atoms with van der Waals surface area (Å²) in [6, 6.07) is 60.1. The van der Waals surface area contributed by atoms with E-state index in [0.29, 0.717) is 17.6 Å². The van der Waals surface area contributed by atoms with Crippen molar-refractivity contribution >= 4 is 43.6 Å². The number of pyridine rings is 1. The predicted octanol–water partition coefficient (Wildman–Crippen LogP) is 12.8. The quantitative estimate of drug-likeness (QED) is 0.175. The van der Waals surface area contributed by atoms with Gasteiger partial charge in [-0.05, 0) is 69.8 Å². The van der Waals surface area contributed by atoms with Crippen LogP contribution < -0.4 is 0 Å². The van der Waals surface area contributed by atoms with Gasteiger partial charge in [-0.25, -0.2) is 4.98 Å². The van der Waals surface area contributed by atoms with Gasteiger partial charge < -0.3 is 4.57 Å². The Morgan fingerprint density at radius 2 is 1.02 bits per heavy atom. The number of para-hydroxylation sites is 3. The molecule has 0 fully saturated rings. The van der Waals surface area contributed by atoms with Gasteiger partial charge in [0, 0.05) is 50.5 Å². The maximum atomic E-state index is 5.43. The molecule has 4 heterocycles. The van der Waals surface area contributed by atoms with Crippen molar-refractivity contribution in [3.63, 3.8) is 0 Å². The molecule has 12 rings (SSSR count). The molecule has 0 amide bonds. The Hall–Kier alpha value is -7.70. The zero-order valence-electron chi connectivity index (χ0n) is 32.5. The highest BCUT2D eigenvalue weighted by Crippen LogP contribution is 2.53. The fraction of sp³-hybridized carbons (Fsp3) is 0.0566. The Morgan fingerprint density at radius 1 is 0.424 bits per heavy atom. The van der Waals surface area contributed by atoms with Gasteiger partial charge in [0.25, 0.3) is 0 Å². The lowest BCUT2D eigenvalue weighted by Gasteiger charge is -2.25. The van der Waals surface area contributed by atoms with Gasteiger partial charge in [-0.1, -0.05) is 147 Å². The highest BCUT2D eigenvalue weighted by atomic mass is 15.2. The maximum absolute atomic E-state index is 5.43. The molecule has 7 aromatic carbocycles. The molecule has 0 saturated carbocycles. The van der Waals surface area contributed by atoms with Crippen LogP contribution in [0.25, 0.3) is 100 Å². The van der Waals surface area contributed by atoms with Crippen molar-refractivity contribution in [2.45, 2.75) is 19.3 Å². The van der Waals surface area contributed by atoms with Crippen LogP contribution in [0.15, 0.2) is 182 Å². The topological polar surface area (TPSA) is 61.4 Å². The summed E-state index contributed by atoms with van der Waals surface area (Å²) in [5.74, 6) is 1.76. The van der Waals surface area contributed by atoms with Crippen molar-refractivity contribution in [1.82, 2.24) is 29.1 Å². The molecular formula is C53H36N6. The second-order valence-electron chi connectivity index (χ2n) is 15.9.